The minimum Gasteiger partial charge on any atom is -0.481 e. The molecule has 0 unspecified atom stereocenters. The monoisotopic (exact) mass is 290 g/mol. The number of benzene rings is 1. The molecule has 5 nitrogen and oxygen atoms in total. The van der Waals surface area contributed by atoms with E-state index in [0.717, 1.165) is 36.9 Å². The predicted octanol–water partition coefficient (Wildman–Crippen LogP) is 2.93. The molecule has 21 heavy (non-hydrogen) atoms. The highest BCUT2D eigenvalue weighted by molar-refractivity contribution is 5.93. The SMILES string of the molecule is Cc1ccccc1N(CCC(=O)O)C(=O)NC1CCCC1. The van der Waals surface area contributed by atoms with Crippen molar-refractivity contribution in [3.8, 4) is 0 Å². The van der Waals surface area contributed by atoms with Gasteiger partial charge in [0.15, 0.2) is 0 Å². The molecule has 2 N–H and O–H groups in total. The summed E-state index contributed by atoms with van der Waals surface area (Å²) in [6.45, 7) is 2.10. The van der Waals surface area contributed by atoms with Crippen LogP contribution < -0.4 is 10.2 Å². The average molecular weight is 290 g/mol. The summed E-state index contributed by atoms with van der Waals surface area (Å²) in [5.41, 5.74) is 1.73. The zero-order chi connectivity index (χ0) is 15.2. The Labute approximate surface area is 125 Å². The van der Waals surface area contributed by atoms with E-state index in [1.165, 1.54) is 0 Å². The highest BCUT2D eigenvalue weighted by Gasteiger charge is 2.23. The number of aliphatic carboxylic acids is 1. The molecule has 1 aliphatic rings. The Bertz CT molecular complexity index is 510. The maximum atomic E-state index is 12.5. The summed E-state index contributed by atoms with van der Waals surface area (Å²) in [6.07, 6.45) is 4.24. The van der Waals surface area contributed by atoms with Gasteiger partial charge in [-0.05, 0) is 31.4 Å². The van der Waals surface area contributed by atoms with Crippen molar-refractivity contribution in [2.75, 3.05) is 11.4 Å². The lowest BCUT2D eigenvalue weighted by Gasteiger charge is -2.26. The van der Waals surface area contributed by atoms with Gasteiger partial charge in [0.05, 0.1) is 6.42 Å². The first-order valence-corrected chi connectivity index (χ1v) is 7.43. The van der Waals surface area contributed by atoms with Crippen LogP contribution in [-0.4, -0.2) is 29.7 Å². The number of anilines is 1. The van der Waals surface area contributed by atoms with E-state index in [1.807, 2.05) is 31.2 Å². The van der Waals surface area contributed by atoms with Crippen molar-refractivity contribution in [2.45, 2.75) is 45.1 Å². The van der Waals surface area contributed by atoms with Crippen molar-refractivity contribution in [1.29, 1.82) is 0 Å². The smallest absolute Gasteiger partial charge is 0.322 e. The maximum absolute atomic E-state index is 12.5. The molecular weight excluding hydrogens is 268 g/mol. The Morgan fingerprint density at radius 3 is 2.57 bits per heavy atom. The van der Waals surface area contributed by atoms with Crippen LogP contribution in [0.2, 0.25) is 0 Å². The molecule has 0 spiro atoms. The lowest BCUT2D eigenvalue weighted by molar-refractivity contribution is -0.136. The van der Waals surface area contributed by atoms with Gasteiger partial charge in [0, 0.05) is 18.3 Å². The van der Waals surface area contributed by atoms with Gasteiger partial charge in [0.2, 0.25) is 0 Å². The predicted molar refractivity (Wildman–Crippen MR) is 81.6 cm³/mol. The second kappa shape index (κ2) is 7.11. The van der Waals surface area contributed by atoms with Gasteiger partial charge in [-0.2, -0.15) is 0 Å². The Kier molecular flexibility index (Phi) is 5.20. The summed E-state index contributed by atoms with van der Waals surface area (Å²) in [5.74, 6) is -0.901. The average Bonchev–Trinajstić information content (AvgIpc) is 2.93. The molecule has 0 aliphatic heterocycles. The number of carboxylic acids is 1. The molecule has 1 fully saturated rings. The quantitative estimate of drug-likeness (QED) is 0.876. The molecule has 2 amide bonds. The van der Waals surface area contributed by atoms with Crippen molar-refractivity contribution in [3.63, 3.8) is 0 Å². The van der Waals surface area contributed by atoms with Gasteiger partial charge >= 0.3 is 12.0 Å². The molecule has 0 aromatic heterocycles. The molecule has 0 atom stereocenters. The zero-order valence-electron chi connectivity index (χ0n) is 12.3. The number of nitrogens with zero attached hydrogens (tertiary/aromatic N) is 1. The van der Waals surface area contributed by atoms with E-state index in [-0.39, 0.29) is 25.0 Å². The van der Waals surface area contributed by atoms with Gasteiger partial charge < -0.3 is 10.4 Å². The largest absolute Gasteiger partial charge is 0.481 e. The minimum atomic E-state index is -0.901. The van der Waals surface area contributed by atoms with Crippen LogP contribution in [0.15, 0.2) is 24.3 Å². The van der Waals surface area contributed by atoms with Gasteiger partial charge in [0.25, 0.3) is 0 Å². The summed E-state index contributed by atoms with van der Waals surface area (Å²) in [5, 5.41) is 11.9. The summed E-state index contributed by atoms with van der Waals surface area (Å²) >= 11 is 0. The van der Waals surface area contributed by atoms with Gasteiger partial charge in [-0.15, -0.1) is 0 Å². The summed E-state index contributed by atoms with van der Waals surface area (Å²) in [6, 6.07) is 7.56. The van der Waals surface area contributed by atoms with Crippen LogP contribution in [0.1, 0.15) is 37.7 Å². The number of carboxylic acid groups (broad SMARTS) is 1. The summed E-state index contributed by atoms with van der Waals surface area (Å²) in [7, 11) is 0. The third-order valence-corrected chi connectivity index (χ3v) is 3.88. The second-order valence-corrected chi connectivity index (χ2v) is 5.51. The fourth-order valence-corrected chi connectivity index (χ4v) is 2.73. The number of hydrogen-bond acceptors (Lipinski definition) is 2. The van der Waals surface area contributed by atoms with Crippen molar-refractivity contribution in [3.05, 3.63) is 29.8 Å². The number of nitrogens with one attached hydrogen (secondary N) is 1. The fourth-order valence-electron chi connectivity index (χ4n) is 2.73. The van der Waals surface area contributed by atoms with Crippen LogP contribution in [0.5, 0.6) is 0 Å². The highest BCUT2D eigenvalue weighted by Crippen LogP contribution is 2.22. The Hall–Kier alpha value is -2.04. The number of carbonyl (C=O) groups is 2. The minimum absolute atomic E-state index is 0.0631. The Balaban J connectivity index is 2.12. The number of carbonyl (C=O) groups excluding carboxylic acids is 1. The number of aryl methyl sites for hydroxylation is 1. The summed E-state index contributed by atoms with van der Waals surface area (Å²) < 4.78 is 0. The Morgan fingerprint density at radius 1 is 1.29 bits per heavy atom. The van der Waals surface area contributed by atoms with E-state index in [2.05, 4.69) is 5.32 Å². The zero-order valence-corrected chi connectivity index (χ0v) is 12.3. The number of rotatable bonds is 5. The van der Waals surface area contributed by atoms with Gasteiger partial charge in [-0.3, -0.25) is 9.69 Å². The van der Waals surface area contributed by atoms with Crippen LogP contribution >= 0.6 is 0 Å². The van der Waals surface area contributed by atoms with Crippen molar-refractivity contribution < 1.29 is 14.7 Å². The molecule has 2 rings (SSSR count). The van der Waals surface area contributed by atoms with Crippen LogP contribution in [-0.2, 0) is 4.79 Å². The first-order valence-electron chi connectivity index (χ1n) is 7.43. The van der Waals surface area contributed by atoms with Crippen molar-refractivity contribution in [1.82, 2.24) is 5.32 Å². The van der Waals surface area contributed by atoms with E-state index in [1.54, 1.807) is 4.90 Å². The molecule has 1 aromatic rings. The third-order valence-electron chi connectivity index (χ3n) is 3.88. The number of amides is 2. The molecule has 1 aliphatic carbocycles. The maximum Gasteiger partial charge on any atom is 0.322 e. The van der Waals surface area contributed by atoms with E-state index in [0.29, 0.717) is 0 Å². The molecule has 0 radical (unpaired) electrons. The molecule has 5 heteroatoms. The van der Waals surface area contributed by atoms with Crippen LogP contribution in [0, 0.1) is 6.92 Å². The number of para-hydroxylation sites is 1. The molecule has 1 aromatic carbocycles. The van der Waals surface area contributed by atoms with E-state index in [9.17, 15) is 9.59 Å². The molecule has 0 heterocycles. The molecule has 114 valence electrons. The van der Waals surface area contributed by atoms with Crippen LogP contribution in [0.4, 0.5) is 10.5 Å². The van der Waals surface area contributed by atoms with Crippen molar-refractivity contribution >= 4 is 17.7 Å². The molecular formula is C16H22N2O3. The van der Waals surface area contributed by atoms with E-state index >= 15 is 0 Å². The van der Waals surface area contributed by atoms with Crippen LogP contribution in [0.25, 0.3) is 0 Å². The molecule has 0 saturated heterocycles. The van der Waals surface area contributed by atoms with Gasteiger partial charge in [-0.1, -0.05) is 31.0 Å². The third kappa shape index (κ3) is 4.21. The van der Waals surface area contributed by atoms with E-state index in [4.69, 9.17) is 5.11 Å². The first kappa shape index (κ1) is 15.4. The lowest BCUT2D eigenvalue weighted by atomic mass is 10.1. The van der Waals surface area contributed by atoms with Crippen molar-refractivity contribution in [2.24, 2.45) is 0 Å². The topological polar surface area (TPSA) is 69.6 Å². The van der Waals surface area contributed by atoms with Gasteiger partial charge in [-0.25, -0.2) is 4.79 Å². The number of urea groups is 1. The van der Waals surface area contributed by atoms with E-state index < -0.39 is 5.97 Å². The first-order chi connectivity index (χ1) is 10.1. The van der Waals surface area contributed by atoms with Crippen LogP contribution in [0.3, 0.4) is 0 Å². The standard InChI is InChI=1S/C16H22N2O3/c1-12-6-2-5-9-14(12)18(11-10-15(19)20)16(21)17-13-7-3-4-8-13/h2,5-6,9,13H,3-4,7-8,10-11H2,1H3,(H,17,21)(H,19,20). The highest BCUT2D eigenvalue weighted by atomic mass is 16.4. The lowest BCUT2D eigenvalue weighted by Crippen LogP contribution is -2.45. The molecule has 1 saturated carbocycles. The van der Waals surface area contributed by atoms with Gasteiger partial charge in [0.1, 0.15) is 0 Å². The Morgan fingerprint density at radius 2 is 1.95 bits per heavy atom. The second-order valence-electron chi connectivity index (χ2n) is 5.51. The normalized spacial score (nSPS) is 14.9. The molecule has 0 bridgehead atoms. The summed E-state index contributed by atoms with van der Waals surface area (Å²) in [4.78, 5) is 24.9. The fraction of sp³-hybridized carbons (Fsp3) is 0.500. The number of hydrogen-bond donors (Lipinski definition) is 2.